The van der Waals surface area contributed by atoms with E-state index in [4.69, 9.17) is 0 Å². The fourth-order valence-electron chi connectivity index (χ4n) is 3.35. The van der Waals surface area contributed by atoms with E-state index in [1.807, 2.05) is 60.7 Å². The van der Waals surface area contributed by atoms with Crippen LogP contribution in [-0.4, -0.2) is 11.0 Å². The van der Waals surface area contributed by atoms with Gasteiger partial charge in [0, 0.05) is 17.0 Å². The van der Waals surface area contributed by atoms with Crippen molar-refractivity contribution >= 4 is 16.5 Å². The minimum absolute atomic E-state index is 0.164. The molecule has 0 radical (unpaired) electrons. The van der Waals surface area contributed by atoms with Crippen LogP contribution in [0, 0.1) is 10.1 Å². The van der Waals surface area contributed by atoms with Crippen LogP contribution in [0.1, 0.15) is 17.2 Å². The third kappa shape index (κ3) is 2.42. The fraction of sp³-hybridized carbons (Fsp3) is 0.158. The zero-order valence-corrected chi connectivity index (χ0v) is 12.5. The van der Waals surface area contributed by atoms with Crippen LogP contribution in [0.2, 0.25) is 0 Å². The quantitative estimate of drug-likeness (QED) is 0.570. The lowest BCUT2D eigenvalue weighted by Crippen LogP contribution is -2.38. The molecule has 4 nitrogen and oxygen atoms in total. The summed E-state index contributed by atoms with van der Waals surface area (Å²) in [6, 6.07) is 21.0. The Kier molecular flexibility index (Phi) is 3.23. The maximum absolute atomic E-state index is 11.6. The van der Waals surface area contributed by atoms with Crippen LogP contribution < -0.4 is 5.32 Å². The van der Waals surface area contributed by atoms with Gasteiger partial charge < -0.3 is 5.32 Å². The lowest BCUT2D eigenvalue weighted by molar-refractivity contribution is -0.525. The highest BCUT2D eigenvalue weighted by molar-refractivity contribution is 5.83. The first-order chi connectivity index (χ1) is 11.2. The van der Waals surface area contributed by atoms with E-state index in [9.17, 15) is 10.1 Å². The molecule has 0 aromatic heterocycles. The predicted octanol–water partition coefficient (Wildman–Crippen LogP) is 4.19. The molecule has 3 aromatic rings. The van der Waals surface area contributed by atoms with Crippen LogP contribution in [0.5, 0.6) is 0 Å². The summed E-state index contributed by atoms with van der Waals surface area (Å²) in [6.45, 7) is 0. The van der Waals surface area contributed by atoms with Crippen molar-refractivity contribution < 1.29 is 4.92 Å². The summed E-state index contributed by atoms with van der Waals surface area (Å²) < 4.78 is 0. The van der Waals surface area contributed by atoms with Gasteiger partial charge in [-0.1, -0.05) is 54.6 Å². The zero-order valence-electron chi connectivity index (χ0n) is 12.5. The van der Waals surface area contributed by atoms with Gasteiger partial charge in [-0.15, -0.1) is 0 Å². The number of nitro groups is 1. The molecule has 4 rings (SSSR count). The maximum Gasteiger partial charge on any atom is 0.241 e. The van der Waals surface area contributed by atoms with Crippen molar-refractivity contribution in [2.75, 3.05) is 5.32 Å². The molecule has 2 atom stereocenters. The number of hydrogen-bond acceptors (Lipinski definition) is 3. The van der Waals surface area contributed by atoms with E-state index in [1.165, 1.54) is 0 Å². The molecular formula is C19H16N2O2. The molecule has 0 saturated heterocycles. The van der Waals surface area contributed by atoms with E-state index >= 15 is 0 Å². The standard InChI is InChI=1S/C19H16N2O2/c22-21(23)18-12-15-7-3-4-8-17(15)20-19(18)16-10-9-13-5-1-2-6-14(13)11-16/h1-11,18-20H,12H2/t18-,19-/m0/s1. The molecule has 3 aromatic carbocycles. The van der Waals surface area contributed by atoms with Gasteiger partial charge in [0.05, 0.1) is 0 Å². The highest BCUT2D eigenvalue weighted by Crippen LogP contribution is 2.35. The first kappa shape index (κ1) is 13.8. The summed E-state index contributed by atoms with van der Waals surface area (Å²) in [7, 11) is 0. The lowest BCUT2D eigenvalue weighted by Gasteiger charge is -2.30. The van der Waals surface area contributed by atoms with Gasteiger partial charge >= 0.3 is 0 Å². The normalized spacial score (nSPS) is 19.8. The van der Waals surface area contributed by atoms with Gasteiger partial charge in [-0.25, -0.2) is 0 Å². The highest BCUT2D eigenvalue weighted by Gasteiger charge is 2.37. The van der Waals surface area contributed by atoms with Crippen molar-refractivity contribution in [2.45, 2.75) is 18.5 Å². The van der Waals surface area contributed by atoms with Crippen LogP contribution >= 0.6 is 0 Å². The Balaban J connectivity index is 1.79. The summed E-state index contributed by atoms with van der Waals surface area (Å²) in [5, 5.41) is 17.2. The van der Waals surface area contributed by atoms with E-state index in [1.54, 1.807) is 0 Å². The molecule has 1 aliphatic heterocycles. The first-order valence-corrected chi connectivity index (χ1v) is 7.69. The largest absolute Gasteiger partial charge is 0.372 e. The average molecular weight is 304 g/mol. The summed E-state index contributed by atoms with van der Waals surface area (Å²) >= 11 is 0. The third-order valence-corrected chi connectivity index (χ3v) is 4.55. The highest BCUT2D eigenvalue weighted by atomic mass is 16.6. The number of hydrogen-bond donors (Lipinski definition) is 1. The SMILES string of the molecule is O=[N+]([O-])[C@H]1Cc2ccccc2N[C@H]1c1ccc2ccccc2c1. The monoisotopic (exact) mass is 304 g/mol. The second-order valence-corrected chi connectivity index (χ2v) is 5.94. The van der Waals surface area contributed by atoms with Crippen LogP contribution in [0.25, 0.3) is 10.8 Å². The van der Waals surface area contributed by atoms with Gasteiger partial charge in [0.25, 0.3) is 0 Å². The second-order valence-electron chi connectivity index (χ2n) is 5.94. The molecule has 0 bridgehead atoms. The van der Waals surface area contributed by atoms with E-state index in [2.05, 4.69) is 11.4 Å². The third-order valence-electron chi connectivity index (χ3n) is 4.55. The Morgan fingerprint density at radius 2 is 1.70 bits per heavy atom. The van der Waals surface area contributed by atoms with Gasteiger partial charge in [-0.3, -0.25) is 10.1 Å². The summed E-state index contributed by atoms with van der Waals surface area (Å²) in [6.07, 6.45) is 0.452. The van der Waals surface area contributed by atoms with E-state index in [-0.39, 0.29) is 11.0 Å². The first-order valence-electron chi connectivity index (χ1n) is 7.69. The minimum atomic E-state index is -0.661. The number of benzene rings is 3. The van der Waals surface area contributed by atoms with Crippen LogP contribution in [0.3, 0.4) is 0 Å². The number of fused-ring (bicyclic) bond motifs is 2. The van der Waals surface area contributed by atoms with Gasteiger partial charge in [-0.05, 0) is 34.0 Å². The number of rotatable bonds is 2. The van der Waals surface area contributed by atoms with Gasteiger partial charge in [0.15, 0.2) is 0 Å². The minimum Gasteiger partial charge on any atom is -0.372 e. The summed E-state index contributed by atoms with van der Waals surface area (Å²) in [5.74, 6) is 0. The molecule has 0 saturated carbocycles. The fourth-order valence-corrected chi connectivity index (χ4v) is 3.35. The van der Waals surface area contributed by atoms with E-state index in [0.29, 0.717) is 6.42 Å². The summed E-state index contributed by atoms with van der Waals surface area (Å²) in [4.78, 5) is 11.4. The predicted molar refractivity (Wildman–Crippen MR) is 91.2 cm³/mol. The van der Waals surface area contributed by atoms with Gasteiger partial charge in [-0.2, -0.15) is 0 Å². The smallest absolute Gasteiger partial charge is 0.241 e. The number of nitrogens with zero attached hydrogens (tertiary/aromatic N) is 1. The van der Waals surface area contributed by atoms with Crippen molar-refractivity contribution in [1.82, 2.24) is 0 Å². The molecule has 0 spiro atoms. The zero-order chi connectivity index (χ0) is 15.8. The topological polar surface area (TPSA) is 55.2 Å². The molecular weight excluding hydrogens is 288 g/mol. The molecule has 0 amide bonds. The number of nitrogens with one attached hydrogen (secondary N) is 1. The molecule has 1 aliphatic rings. The Bertz CT molecular complexity index is 891. The van der Waals surface area contributed by atoms with Crippen molar-refractivity contribution in [2.24, 2.45) is 0 Å². The van der Waals surface area contributed by atoms with Crippen molar-refractivity contribution in [3.05, 3.63) is 88.0 Å². The van der Waals surface area contributed by atoms with E-state index in [0.717, 1.165) is 27.6 Å². The molecule has 4 heteroatoms. The Labute approximate surface area is 133 Å². The molecule has 114 valence electrons. The second kappa shape index (κ2) is 5.39. The Morgan fingerprint density at radius 3 is 2.52 bits per heavy atom. The molecule has 0 fully saturated rings. The maximum atomic E-state index is 11.6. The van der Waals surface area contributed by atoms with Crippen LogP contribution in [0.4, 0.5) is 5.69 Å². The number of para-hydroxylation sites is 1. The van der Waals surface area contributed by atoms with Crippen LogP contribution in [0.15, 0.2) is 66.7 Å². The molecule has 0 unspecified atom stereocenters. The van der Waals surface area contributed by atoms with Crippen molar-refractivity contribution in [3.8, 4) is 0 Å². The van der Waals surface area contributed by atoms with Gasteiger partial charge in [0.2, 0.25) is 6.04 Å². The molecule has 1 heterocycles. The Hall–Kier alpha value is -2.88. The van der Waals surface area contributed by atoms with E-state index < -0.39 is 6.04 Å². The van der Waals surface area contributed by atoms with Crippen LogP contribution in [-0.2, 0) is 6.42 Å². The van der Waals surface area contributed by atoms with Gasteiger partial charge in [0.1, 0.15) is 6.04 Å². The summed E-state index contributed by atoms with van der Waals surface area (Å²) in [5.41, 5.74) is 2.95. The average Bonchev–Trinajstić information content (AvgIpc) is 2.60. The van der Waals surface area contributed by atoms with Crippen molar-refractivity contribution in [3.63, 3.8) is 0 Å². The lowest BCUT2D eigenvalue weighted by atomic mass is 9.88. The molecule has 1 N–H and O–H groups in total. The molecule has 0 aliphatic carbocycles. The number of anilines is 1. The van der Waals surface area contributed by atoms with Crippen molar-refractivity contribution in [1.29, 1.82) is 0 Å². The Morgan fingerprint density at radius 1 is 0.957 bits per heavy atom. The molecule has 23 heavy (non-hydrogen) atoms.